The van der Waals surface area contributed by atoms with Gasteiger partial charge in [0.05, 0.1) is 12.2 Å². The van der Waals surface area contributed by atoms with Crippen molar-refractivity contribution < 1.29 is 4.79 Å². The second-order valence-corrected chi connectivity index (χ2v) is 6.06. The second-order valence-electron chi connectivity index (χ2n) is 5.07. The molecule has 0 radical (unpaired) electrons. The van der Waals surface area contributed by atoms with Crippen LogP contribution in [-0.2, 0) is 4.79 Å². The number of nitrogens with one attached hydrogen (secondary N) is 1. The number of hydrogen-bond acceptors (Lipinski definition) is 3. The third kappa shape index (κ3) is 3.88. The molecule has 1 amide bonds. The Morgan fingerprint density at radius 3 is 2.71 bits per heavy atom. The zero-order valence-electron chi connectivity index (χ0n) is 11.5. The summed E-state index contributed by atoms with van der Waals surface area (Å²) in [4.78, 5) is 14.3. The van der Waals surface area contributed by atoms with Crippen LogP contribution in [0.4, 0.5) is 0 Å². The van der Waals surface area contributed by atoms with Gasteiger partial charge in [0.1, 0.15) is 0 Å². The zero-order valence-corrected chi connectivity index (χ0v) is 12.3. The van der Waals surface area contributed by atoms with E-state index < -0.39 is 0 Å². The fourth-order valence-corrected chi connectivity index (χ4v) is 2.75. The summed E-state index contributed by atoms with van der Waals surface area (Å²) in [5, 5.41) is 3.49. The summed E-state index contributed by atoms with van der Waals surface area (Å²) in [6, 6.07) is 0.0285. The molecule has 1 heterocycles. The van der Waals surface area contributed by atoms with Crippen molar-refractivity contribution in [2.45, 2.75) is 52.2 Å². The van der Waals surface area contributed by atoms with Crippen LogP contribution in [-0.4, -0.2) is 41.6 Å². The molecule has 1 fully saturated rings. The summed E-state index contributed by atoms with van der Waals surface area (Å²) in [6.45, 7) is 7.31. The Morgan fingerprint density at radius 1 is 1.47 bits per heavy atom. The molecule has 1 aliphatic rings. The Labute approximate surface area is 110 Å². The predicted octanol–water partition coefficient (Wildman–Crippen LogP) is 2.32. The van der Waals surface area contributed by atoms with Crippen molar-refractivity contribution in [1.82, 2.24) is 10.2 Å². The molecule has 0 bridgehead atoms. The number of thioether (sulfide) groups is 1. The van der Waals surface area contributed by atoms with Gasteiger partial charge in [0.25, 0.3) is 0 Å². The molecule has 1 aliphatic heterocycles. The monoisotopic (exact) mass is 258 g/mol. The highest BCUT2D eigenvalue weighted by Gasteiger charge is 2.39. The van der Waals surface area contributed by atoms with E-state index in [0.717, 1.165) is 31.6 Å². The number of nitrogens with zero attached hydrogens (tertiary/aromatic N) is 1. The quantitative estimate of drug-likeness (QED) is 0.711. The molecule has 0 aromatic carbocycles. The molecule has 4 heteroatoms. The first kappa shape index (κ1) is 14.8. The molecule has 100 valence electrons. The van der Waals surface area contributed by atoms with Gasteiger partial charge in [-0.05, 0) is 30.8 Å². The minimum Gasteiger partial charge on any atom is -0.326 e. The number of hydrogen-bond donors (Lipinski definition) is 1. The molecule has 1 N–H and O–H groups in total. The largest absolute Gasteiger partial charge is 0.326 e. The fraction of sp³-hybridized carbons (Fsp3) is 0.923. The number of amides is 1. The van der Waals surface area contributed by atoms with Gasteiger partial charge in [-0.15, -0.1) is 0 Å². The van der Waals surface area contributed by atoms with Gasteiger partial charge < -0.3 is 4.90 Å². The van der Waals surface area contributed by atoms with E-state index in [-0.39, 0.29) is 12.2 Å². The maximum atomic E-state index is 12.3. The van der Waals surface area contributed by atoms with Crippen molar-refractivity contribution in [3.63, 3.8) is 0 Å². The first-order chi connectivity index (χ1) is 8.11. The molecular weight excluding hydrogens is 232 g/mol. The van der Waals surface area contributed by atoms with Gasteiger partial charge >= 0.3 is 0 Å². The van der Waals surface area contributed by atoms with Crippen molar-refractivity contribution in [2.24, 2.45) is 5.92 Å². The van der Waals surface area contributed by atoms with E-state index in [1.807, 2.05) is 11.8 Å². The van der Waals surface area contributed by atoms with Crippen LogP contribution in [0.25, 0.3) is 0 Å². The molecule has 3 nitrogen and oxygen atoms in total. The summed E-state index contributed by atoms with van der Waals surface area (Å²) in [7, 11) is 0. The van der Waals surface area contributed by atoms with Crippen LogP contribution < -0.4 is 5.32 Å². The first-order valence-corrected chi connectivity index (χ1v) is 8.06. The van der Waals surface area contributed by atoms with Gasteiger partial charge in [-0.1, -0.05) is 27.2 Å². The zero-order chi connectivity index (χ0) is 12.8. The van der Waals surface area contributed by atoms with E-state index in [1.165, 1.54) is 0 Å². The molecule has 0 aromatic heterocycles. The lowest BCUT2D eigenvalue weighted by Crippen LogP contribution is -2.38. The minimum absolute atomic E-state index is 0.0285. The van der Waals surface area contributed by atoms with Gasteiger partial charge in [0, 0.05) is 6.54 Å². The molecule has 17 heavy (non-hydrogen) atoms. The van der Waals surface area contributed by atoms with E-state index in [1.54, 1.807) is 0 Å². The molecule has 2 atom stereocenters. The van der Waals surface area contributed by atoms with Crippen LogP contribution >= 0.6 is 11.8 Å². The number of rotatable bonds is 7. The van der Waals surface area contributed by atoms with Gasteiger partial charge in [-0.3, -0.25) is 10.1 Å². The van der Waals surface area contributed by atoms with E-state index in [4.69, 9.17) is 0 Å². The van der Waals surface area contributed by atoms with Gasteiger partial charge in [-0.25, -0.2) is 0 Å². The lowest BCUT2D eigenvalue weighted by molar-refractivity contribution is -0.130. The van der Waals surface area contributed by atoms with Crippen LogP contribution in [0.5, 0.6) is 0 Å². The number of carbonyl (C=O) groups is 1. The number of carbonyl (C=O) groups excluding carboxylic acids is 1. The highest BCUT2D eigenvalue weighted by molar-refractivity contribution is 7.98. The van der Waals surface area contributed by atoms with E-state index in [2.05, 4.69) is 37.2 Å². The summed E-state index contributed by atoms with van der Waals surface area (Å²) in [5.41, 5.74) is 0. The standard InChI is InChI=1S/C13H26N2OS/c1-5-7-11-14-12(10(2)3)13(16)15(11)8-6-9-17-4/h10-12,14H,5-9H2,1-4H3. The van der Waals surface area contributed by atoms with Crippen molar-refractivity contribution in [1.29, 1.82) is 0 Å². The Morgan fingerprint density at radius 2 is 2.18 bits per heavy atom. The Hall–Kier alpha value is -0.220. The molecule has 1 rings (SSSR count). The van der Waals surface area contributed by atoms with Crippen LogP contribution in [0, 0.1) is 5.92 Å². The van der Waals surface area contributed by atoms with Gasteiger partial charge in [0.15, 0.2) is 0 Å². The van der Waals surface area contributed by atoms with Crippen LogP contribution in [0.15, 0.2) is 0 Å². The van der Waals surface area contributed by atoms with E-state index >= 15 is 0 Å². The SMILES string of the molecule is CCCC1NC(C(C)C)C(=O)N1CCCSC. The summed E-state index contributed by atoms with van der Waals surface area (Å²) in [5.74, 6) is 1.82. The Balaban J connectivity index is 2.58. The molecule has 0 saturated carbocycles. The third-order valence-corrected chi connectivity index (χ3v) is 3.97. The van der Waals surface area contributed by atoms with Crippen molar-refractivity contribution >= 4 is 17.7 Å². The van der Waals surface area contributed by atoms with E-state index in [0.29, 0.717) is 11.8 Å². The smallest absolute Gasteiger partial charge is 0.241 e. The first-order valence-electron chi connectivity index (χ1n) is 6.67. The second kappa shape index (κ2) is 7.27. The average Bonchev–Trinajstić information content (AvgIpc) is 2.58. The molecule has 0 aromatic rings. The van der Waals surface area contributed by atoms with Crippen molar-refractivity contribution in [3.05, 3.63) is 0 Å². The van der Waals surface area contributed by atoms with E-state index in [9.17, 15) is 4.79 Å². The topological polar surface area (TPSA) is 32.3 Å². The highest BCUT2D eigenvalue weighted by Crippen LogP contribution is 2.20. The summed E-state index contributed by atoms with van der Waals surface area (Å²) >= 11 is 1.85. The normalized spacial score (nSPS) is 25.0. The predicted molar refractivity (Wildman–Crippen MR) is 75.2 cm³/mol. The summed E-state index contributed by atoms with van der Waals surface area (Å²) < 4.78 is 0. The lowest BCUT2D eigenvalue weighted by Gasteiger charge is -2.23. The maximum absolute atomic E-state index is 12.3. The molecule has 2 unspecified atom stereocenters. The average molecular weight is 258 g/mol. The fourth-order valence-electron chi connectivity index (χ4n) is 2.34. The van der Waals surface area contributed by atoms with Crippen molar-refractivity contribution in [3.8, 4) is 0 Å². The Kier molecular flexibility index (Phi) is 6.34. The van der Waals surface area contributed by atoms with Gasteiger partial charge in [0.2, 0.25) is 5.91 Å². The molecule has 0 spiro atoms. The summed E-state index contributed by atoms with van der Waals surface area (Å²) in [6.07, 6.45) is 5.66. The molecular formula is C13H26N2OS. The molecule has 0 aliphatic carbocycles. The third-order valence-electron chi connectivity index (χ3n) is 3.27. The van der Waals surface area contributed by atoms with Crippen LogP contribution in [0.2, 0.25) is 0 Å². The Bertz CT molecular complexity index is 246. The maximum Gasteiger partial charge on any atom is 0.241 e. The van der Waals surface area contributed by atoms with Gasteiger partial charge in [-0.2, -0.15) is 11.8 Å². The van der Waals surface area contributed by atoms with Crippen molar-refractivity contribution in [2.75, 3.05) is 18.6 Å². The minimum atomic E-state index is 0.0285. The molecule has 1 saturated heterocycles. The van der Waals surface area contributed by atoms with Crippen LogP contribution in [0.3, 0.4) is 0 Å². The van der Waals surface area contributed by atoms with Crippen LogP contribution in [0.1, 0.15) is 40.0 Å². The lowest BCUT2D eigenvalue weighted by atomic mass is 10.1. The highest BCUT2D eigenvalue weighted by atomic mass is 32.2.